The molecule has 7 heteroatoms. The zero-order valence-corrected chi connectivity index (χ0v) is 21.9. The number of rotatable bonds is 16. The largest absolute Gasteiger partial charge is 0.361 e. The van der Waals surface area contributed by atoms with Gasteiger partial charge in [0.25, 0.3) is 0 Å². The maximum Gasteiger partial charge on any atom is 0.228 e. The van der Waals surface area contributed by atoms with Crippen molar-refractivity contribution in [3.05, 3.63) is 28.7 Å². The minimum atomic E-state index is -1.67. The molecule has 0 saturated heterocycles. The molecule has 1 amide bonds. The van der Waals surface area contributed by atoms with Crippen LogP contribution in [0.25, 0.3) is 0 Å². The number of carbonyl (C=O) groups excluding carboxylic acids is 1. The van der Waals surface area contributed by atoms with Gasteiger partial charge in [-0.15, -0.1) is 0 Å². The van der Waals surface area contributed by atoms with E-state index in [1.807, 2.05) is 24.3 Å². The van der Waals surface area contributed by atoms with Crippen molar-refractivity contribution in [2.45, 2.75) is 100 Å². The summed E-state index contributed by atoms with van der Waals surface area (Å²) in [5.74, 6) is -0.113. The van der Waals surface area contributed by atoms with E-state index in [0.717, 1.165) is 23.0 Å². The summed E-state index contributed by atoms with van der Waals surface area (Å²) in [6.45, 7) is 2.25. The average molecular weight is 543 g/mol. The second-order valence-electron chi connectivity index (χ2n) is 7.81. The first kappa shape index (κ1) is 27.9. The van der Waals surface area contributed by atoms with Crippen LogP contribution in [0.3, 0.4) is 0 Å². The average Bonchev–Trinajstić information content (AvgIpc) is 2.69. The molecule has 0 spiro atoms. The molecule has 1 aromatic rings. The lowest BCUT2D eigenvalue weighted by atomic mass is 10.0. The summed E-state index contributed by atoms with van der Waals surface area (Å²) in [6.07, 6.45) is 14.8. The first-order valence-corrected chi connectivity index (χ1v) is 13.1. The van der Waals surface area contributed by atoms with Gasteiger partial charge in [0.15, 0.2) is 0 Å². The number of benzene rings is 1. The zero-order chi connectivity index (χ0) is 22.2. The molecular formula is C23H36BrCl3N2O. The SMILES string of the molecule is CCCCCCCCCCCCCCC(=O)N[C@H](Nc1ccccc1Br)C(Cl)(Cl)Cl. The van der Waals surface area contributed by atoms with Crippen LogP contribution in [0.1, 0.15) is 90.4 Å². The van der Waals surface area contributed by atoms with Gasteiger partial charge in [-0.3, -0.25) is 4.79 Å². The Morgan fingerprint density at radius 1 is 0.900 bits per heavy atom. The number of hydrogen-bond donors (Lipinski definition) is 2. The summed E-state index contributed by atoms with van der Waals surface area (Å²) in [5.41, 5.74) is 0.750. The number of unbranched alkanes of at least 4 members (excludes halogenated alkanes) is 11. The minimum Gasteiger partial charge on any atom is -0.361 e. The van der Waals surface area contributed by atoms with Crippen molar-refractivity contribution in [2.75, 3.05) is 5.32 Å². The highest BCUT2D eigenvalue weighted by Gasteiger charge is 2.34. The summed E-state index contributed by atoms with van der Waals surface area (Å²) >= 11 is 21.6. The molecule has 3 nitrogen and oxygen atoms in total. The lowest BCUT2D eigenvalue weighted by Crippen LogP contribution is -2.49. The molecule has 0 fully saturated rings. The molecule has 172 valence electrons. The quantitative estimate of drug-likeness (QED) is 0.125. The van der Waals surface area contributed by atoms with Crippen LogP contribution in [0.4, 0.5) is 5.69 Å². The van der Waals surface area contributed by atoms with Gasteiger partial charge in [0.05, 0.1) is 5.69 Å². The number of nitrogens with one attached hydrogen (secondary N) is 2. The van der Waals surface area contributed by atoms with Crippen LogP contribution in [0, 0.1) is 0 Å². The number of amides is 1. The molecule has 0 aromatic heterocycles. The first-order chi connectivity index (χ1) is 14.3. The molecule has 0 radical (unpaired) electrons. The molecule has 0 unspecified atom stereocenters. The Morgan fingerprint density at radius 3 is 1.90 bits per heavy atom. The molecule has 0 bridgehead atoms. The predicted molar refractivity (Wildman–Crippen MR) is 136 cm³/mol. The van der Waals surface area contributed by atoms with Crippen LogP contribution in [0.5, 0.6) is 0 Å². The van der Waals surface area contributed by atoms with Crippen molar-refractivity contribution < 1.29 is 4.79 Å². The summed E-state index contributed by atoms with van der Waals surface area (Å²) in [4.78, 5) is 12.3. The molecule has 2 N–H and O–H groups in total. The van der Waals surface area contributed by atoms with Crippen LogP contribution >= 0.6 is 50.7 Å². The van der Waals surface area contributed by atoms with Crippen molar-refractivity contribution in [2.24, 2.45) is 0 Å². The van der Waals surface area contributed by atoms with E-state index in [9.17, 15) is 4.79 Å². The molecule has 30 heavy (non-hydrogen) atoms. The van der Waals surface area contributed by atoms with Crippen LogP contribution in [0.15, 0.2) is 28.7 Å². The highest BCUT2D eigenvalue weighted by molar-refractivity contribution is 9.10. The Balaban J connectivity index is 2.17. The third-order valence-electron chi connectivity index (χ3n) is 5.06. The van der Waals surface area contributed by atoms with Crippen molar-refractivity contribution in [3.8, 4) is 0 Å². The van der Waals surface area contributed by atoms with Gasteiger partial charge in [0.2, 0.25) is 9.70 Å². The highest BCUT2D eigenvalue weighted by atomic mass is 79.9. The molecule has 0 saturated carbocycles. The van der Waals surface area contributed by atoms with E-state index < -0.39 is 9.96 Å². The second-order valence-corrected chi connectivity index (χ2v) is 11.0. The molecule has 1 aromatic carbocycles. The summed E-state index contributed by atoms with van der Waals surface area (Å²) < 4.78 is -0.832. The molecule has 0 aliphatic carbocycles. The normalized spacial score (nSPS) is 12.6. The van der Waals surface area contributed by atoms with Crippen molar-refractivity contribution in [1.29, 1.82) is 0 Å². The Bertz CT molecular complexity index is 596. The molecule has 1 atom stereocenters. The number of alkyl halides is 3. The fourth-order valence-electron chi connectivity index (χ4n) is 3.29. The zero-order valence-electron chi connectivity index (χ0n) is 18.0. The molecule has 0 heterocycles. The van der Waals surface area contributed by atoms with Crippen LogP contribution < -0.4 is 10.6 Å². The Kier molecular flexibility index (Phi) is 15.3. The number of halogens is 4. The lowest BCUT2D eigenvalue weighted by molar-refractivity contribution is -0.121. The topological polar surface area (TPSA) is 41.1 Å². The van der Waals surface area contributed by atoms with E-state index in [2.05, 4.69) is 33.5 Å². The third kappa shape index (κ3) is 13.3. The Morgan fingerprint density at radius 2 is 1.40 bits per heavy atom. The van der Waals surface area contributed by atoms with Crippen LogP contribution in [-0.4, -0.2) is 15.9 Å². The van der Waals surface area contributed by atoms with Crippen LogP contribution in [0.2, 0.25) is 0 Å². The van der Waals surface area contributed by atoms with Crippen molar-refractivity contribution in [3.63, 3.8) is 0 Å². The number of carbonyl (C=O) groups is 1. The summed E-state index contributed by atoms with van der Waals surface area (Å²) in [7, 11) is 0. The standard InChI is InChI=1S/C23H36BrCl3N2O/c1-2-3-4-5-6-7-8-9-10-11-12-13-18-21(30)29-22(23(25,26)27)28-20-17-15-14-16-19(20)24/h14-17,22,28H,2-13,18H2,1H3,(H,29,30)/t22-/m0/s1. The molecule has 0 aliphatic rings. The highest BCUT2D eigenvalue weighted by Crippen LogP contribution is 2.32. The number of para-hydroxylation sites is 1. The van der Waals surface area contributed by atoms with E-state index in [-0.39, 0.29) is 5.91 Å². The monoisotopic (exact) mass is 540 g/mol. The predicted octanol–water partition coefficient (Wildman–Crippen LogP) is 8.76. The van der Waals surface area contributed by atoms with Gasteiger partial charge in [-0.25, -0.2) is 0 Å². The van der Waals surface area contributed by atoms with Gasteiger partial charge in [-0.1, -0.05) is 124 Å². The minimum absolute atomic E-state index is 0.113. The molecule has 1 rings (SSSR count). The van der Waals surface area contributed by atoms with Gasteiger partial charge in [-0.2, -0.15) is 0 Å². The Hall–Kier alpha value is -0.160. The second kappa shape index (κ2) is 16.5. The van der Waals surface area contributed by atoms with Gasteiger partial charge >= 0.3 is 0 Å². The van der Waals surface area contributed by atoms with E-state index in [0.29, 0.717) is 6.42 Å². The van der Waals surface area contributed by atoms with Crippen molar-refractivity contribution >= 4 is 62.3 Å². The first-order valence-electron chi connectivity index (χ1n) is 11.2. The Labute approximate surface area is 206 Å². The third-order valence-corrected chi connectivity index (χ3v) is 6.41. The smallest absolute Gasteiger partial charge is 0.228 e. The molecular weight excluding hydrogens is 507 g/mol. The summed E-state index contributed by atoms with van der Waals surface area (Å²) in [6, 6.07) is 7.50. The van der Waals surface area contributed by atoms with Gasteiger partial charge < -0.3 is 10.6 Å². The number of hydrogen-bond acceptors (Lipinski definition) is 2. The van der Waals surface area contributed by atoms with E-state index in [1.165, 1.54) is 64.2 Å². The fourth-order valence-corrected chi connectivity index (χ4v) is 4.02. The summed E-state index contributed by atoms with van der Waals surface area (Å²) in [5, 5.41) is 5.90. The maximum atomic E-state index is 12.3. The van der Waals surface area contributed by atoms with Gasteiger partial charge in [0, 0.05) is 10.9 Å². The van der Waals surface area contributed by atoms with E-state index in [4.69, 9.17) is 34.8 Å². The van der Waals surface area contributed by atoms with Crippen molar-refractivity contribution in [1.82, 2.24) is 5.32 Å². The van der Waals surface area contributed by atoms with E-state index >= 15 is 0 Å². The number of anilines is 1. The van der Waals surface area contributed by atoms with Gasteiger partial charge in [-0.05, 0) is 34.5 Å². The van der Waals surface area contributed by atoms with Crippen LogP contribution in [-0.2, 0) is 4.79 Å². The van der Waals surface area contributed by atoms with Gasteiger partial charge in [0.1, 0.15) is 6.17 Å². The lowest BCUT2D eigenvalue weighted by Gasteiger charge is -2.28. The van der Waals surface area contributed by atoms with E-state index in [1.54, 1.807) is 0 Å². The molecule has 0 aliphatic heterocycles. The fraction of sp³-hybridized carbons (Fsp3) is 0.696. The maximum absolute atomic E-state index is 12.3.